The average Bonchev–Trinajstić information content (AvgIpc) is 3.97. The van der Waals surface area contributed by atoms with Gasteiger partial charge in [-0.3, -0.25) is 29.5 Å². The number of aromatic nitrogens is 10. The third-order valence-corrected chi connectivity index (χ3v) is 9.85. The maximum absolute atomic E-state index is 14.9. The zero-order valence-electron chi connectivity index (χ0n) is 31.4. The third-order valence-electron chi connectivity index (χ3n) is 9.85. The zero-order chi connectivity index (χ0) is 38.3. The van der Waals surface area contributed by atoms with Gasteiger partial charge in [0.2, 0.25) is 0 Å². The number of hydrogen-bond acceptors (Lipinski definition) is 8. The number of hydrogen-bond donors (Lipinski definition) is 4. The third kappa shape index (κ3) is 6.88. The van der Waals surface area contributed by atoms with Gasteiger partial charge in [0, 0.05) is 71.6 Å². The standard InChI is InChI=1S/2C20H21FN6/c2*1-11-5-13(12(2)22-3)6-16(21)19(11)17-7-15-18(9-23-17)25-26-20(15)14-8-24-27(4)10-14/h2*5-10,12,22H,1-4H3,(H,25,26). The van der Waals surface area contributed by atoms with Crippen molar-refractivity contribution in [3.05, 3.63) is 107 Å². The molecular formula is C40H42F2N12. The van der Waals surface area contributed by atoms with Gasteiger partial charge in [0.25, 0.3) is 0 Å². The summed E-state index contributed by atoms with van der Waals surface area (Å²) in [7, 11) is 7.44. The summed E-state index contributed by atoms with van der Waals surface area (Å²) >= 11 is 0. The van der Waals surface area contributed by atoms with Crippen molar-refractivity contribution in [1.82, 2.24) is 60.6 Å². The van der Waals surface area contributed by atoms with Crippen molar-refractivity contribution in [2.75, 3.05) is 14.1 Å². The van der Waals surface area contributed by atoms with Crippen molar-refractivity contribution in [2.24, 2.45) is 14.1 Å². The molecule has 2 unspecified atom stereocenters. The molecule has 0 aliphatic rings. The Hall–Kier alpha value is -6.12. The highest BCUT2D eigenvalue weighted by atomic mass is 19.1. The Morgan fingerprint density at radius 1 is 0.611 bits per heavy atom. The second-order valence-electron chi connectivity index (χ2n) is 13.6. The summed E-state index contributed by atoms with van der Waals surface area (Å²) in [6.45, 7) is 7.83. The Balaban J connectivity index is 0.000000167. The molecule has 0 aliphatic heterocycles. The lowest BCUT2D eigenvalue weighted by Gasteiger charge is -2.15. The van der Waals surface area contributed by atoms with Gasteiger partial charge in [0.15, 0.2) is 0 Å². The van der Waals surface area contributed by atoms with E-state index in [0.717, 1.165) is 66.6 Å². The highest BCUT2D eigenvalue weighted by Gasteiger charge is 2.19. The number of halogens is 2. The number of nitrogens with zero attached hydrogens (tertiary/aromatic N) is 8. The summed E-state index contributed by atoms with van der Waals surface area (Å²) in [4.78, 5) is 8.92. The Labute approximate surface area is 311 Å². The lowest BCUT2D eigenvalue weighted by atomic mass is 9.97. The monoisotopic (exact) mass is 728 g/mol. The summed E-state index contributed by atoms with van der Waals surface area (Å²) < 4.78 is 33.3. The van der Waals surface area contributed by atoms with Crippen molar-refractivity contribution >= 4 is 21.8 Å². The Morgan fingerprint density at radius 2 is 1.02 bits per heavy atom. The van der Waals surface area contributed by atoms with Crippen LogP contribution >= 0.6 is 0 Å². The van der Waals surface area contributed by atoms with Crippen LogP contribution < -0.4 is 10.6 Å². The normalized spacial score (nSPS) is 12.6. The molecule has 0 saturated carbocycles. The SMILES string of the molecule is CNC(C)c1cc(C)c(-c2cc3c(-c4cnn(C)c4)n[nH]c3cn2)c(F)c1.CNC(C)c1cc(C)c(-c2cc3c(-c4cnn(C)c4)n[nH]c3cn2)c(F)c1. The van der Waals surface area contributed by atoms with E-state index in [0.29, 0.717) is 22.5 Å². The molecule has 6 heterocycles. The van der Waals surface area contributed by atoms with E-state index < -0.39 is 0 Å². The molecule has 4 N–H and O–H groups in total. The fourth-order valence-corrected chi connectivity index (χ4v) is 6.66. The first-order valence-electron chi connectivity index (χ1n) is 17.6. The maximum atomic E-state index is 14.9. The van der Waals surface area contributed by atoms with Crippen molar-refractivity contribution in [1.29, 1.82) is 0 Å². The van der Waals surface area contributed by atoms with Crippen LogP contribution in [0.5, 0.6) is 0 Å². The van der Waals surface area contributed by atoms with Crippen LogP contribution in [-0.2, 0) is 14.1 Å². The van der Waals surface area contributed by atoms with E-state index in [-0.39, 0.29) is 23.7 Å². The molecule has 2 atom stereocenters. The molecular weight excluding hydrogens is 687 g/mol. The van der Waals surface area contributed by atoms with Gasteiger partial charge in [-0.15, -0.1) is 0 Å². The fourth-order valence-electron chi connectivity index (χ4n) is 6.66. The summed E-state index contributed by atoms with van der Waals surface area (Å²) in [5.41, 5.74) is 10.7. The number of fused-ring (bicyclic) bond motifs is 2. The van der Waals surface area contributed by atoms with Crippen LogP contribution in [0.1, 0.15) is 48.2 Å². The lowest BCUT2D eigenvalue weighted by molar-refractivity contribution is 0.609. The predicted molar refractivity (Wildman–Crippen MR) is 207 cm³/mol. The number of aryl methyl sites for hydroxylation is 4. The van der Waals surface area contributed by atoms with Gasteiger partial charge >= 0.3 is 0 Å². The van der Waals surface area contributed by atoms with Crippen LogP contribution in [0, 0.1) is 25.5 Å². The van der Waals surface area contributed by atoms with Crippen LogP contribution in [0.2, 0.25) is 0 Å². The van der Waals surface area contributed by atoms with Crippen LogP contribution in [0.25, 0.3) is 66.8 Å². The van der Waals surface area contributed by atoms with E-state index >= 15 is 0 Å². The van der Waals surface area contributed by atoms with E-state index in [4.69, 9.17) is 0 Å². The Bertz CT molecular complexity index is 2390. The molecule has 0 saturated heterocycles. The van der Waals surface area contributed by atoms with Gasteiger partial charge in [0.05, 0.1) is 47.2 Å². The van der Waals surface area contributed by atoms with E-state index in [1.165, 1.54) is 0 Å². The zero-order valence-corrected chi connectivity index (χ0v) is 31.4. The van der Waals surface area contributed by atoms with E-state index in [2.05, 4.69) is 51.2 Å². The molecule has 0 fully saturated rings. The summed E-state index contributed by atoms with van der Waals surface area (Å²) in [6.07, 6.45) is 10.7. The topological polar surface area (TPSA) is 143 Å². The number of benzene rings is 2. The van der Waals surface area contributed by atoms with Gasteiger partial charge in [-0.1, -0.05) is 12.1 Å². The van der Waals surface area contributed by atoms with Gasteiger partial charge in [-0.2, -0.15) is 20.4 Å². The van der Waals surface area contributed by atoms with Gasteiger partial charge in [-0.05, 0) is 88.3 Å². The van der Waals surface area contributed by atoms with Crippen molar-refractivity contribution in [2.45, 2.75) is 39.8 Å². The van der Waals surface area contributed by atoms with E-state index in [1.54, 1.807) is 46.3 Å². The number of rotatable bonds is 8. The summed E-state index contributed by atoms with van der Waals surface area (Å²) in [5.74, 6) is -0.546. The molecule has 0 radical (unpaired) electrons. The Kier molecular flexibility index (Phi) is 9.88. The lowest BCUT2D eigenvalue weighted by Crippen LogP contribution is -2.13. The first-order chi connectivity index (χ1) is 25.9. The highest BCUT2D eigenvalue weighted by Crippen LogP contribution is 2.34. The molecule has 12 nitrogen and oxygen atoms in total. The summed E-state index contributed by atoms with van der Waals surface area (Å²) in [5, 5.41) is 31.2. The molecule has 0 bridgehead atoms. The highest BCUT2D eigenvalue weighted by molar-refractivity contribution is 5.95. The molecule has 6 aromatic heterocycles. The molecule has 0 spiro atoms. The van der Waals surface area contributed by atoms with Gasteiger partial charge in [0.1, 0.15) is 23.0 Å². The molecule has 0 amide bonds. The minimum absolute atomic E-state index is 0.0775. The predicted octanol–water partition coefficient (Wildman–Crippen LogP) is 7.51. The van der Waals surface area contributed by atoms with Crippen LogP contribution in [-0.4, -0.2) is 64.0 Å². The number of nitrogens with one attached hydrogen (secondary N) is 4. The Morgan fingerprint density at radius 3 is 1.35 bits per heavy atom. The van der Waals surface area contributed by atoms with E-state index in [9.17, 15) is 8.78 Å². The van der Waals surface area contributed by atoms with Crippen LogP contribution in [0.3, 0.4) is 0 Å². The van der Waals surface area contributed by atoms with Crippen molar-refractivity contribution < 1.29 is 8.78 Å². The first-order valence-corrected chi connectivity index (χ1v) is 17.6. The summed E-state index contributed by atoms with van der Waals surface area (Å²) in [6, 6.07) is 11.1. The quantitative estimate of drug-likeness (QED) is 0.126. The molecule has 0 aliphatic carbocycles. The number of aromatic amines is 2. The second kappa shape index (κ2) is 14.7. The largest absolute Gasteiger partial charge is 0.313 e. The minimum atomic E-state index is -0.273. The van der Waals surface area contributed by atoms with Crippen LogP contribution in [0.4, 0.5) is 8.78 Å². The molecule has 276 valence electrons. The van der Waals surface area contributed by atoms with E-state index in [1.807, 2.05) is 92.5 Å². The number of H-pyrrole nitrogens is 2. The minimum Gasteiger partial charge on any atom is -0.313 e. The molecule has 14 heteroatoms. The molecule has 2 aromatic carbocycles. The first kappa shape index (κ1) is 36.2. The maximum Gasteiger partial charge on any atom is 0.133 e. The van der Waals surface area contributed by atoms with Crippen molar-refractivity contribution in [3.8, 4) is 45.0 Å². The van der Waals surface area contributed by atoms with Gasteiger partial charge < -0.3 is 10.6 Å². The molecule has 8 rings (SSSR count). The van der Waals surface area contributed by atoms with Crippen LogP contribution in [0.15, 0.2) is 73.6 Å². The van der Waals surface area contributed by atoms with Crippen molar-refractivity contribution in [3.63, 3.8) is 0 Å². The molecule has 54 heavy (non-hydrogen) atoms. The smallest absolute Gasteiger partial charge is 0.133 e. The second-order valence-corrected chi connectivity index (χ2v) is 13.6. The number of pyridine rings is 2. The van der Waals surface area contributed by atoms with Gasteiger partial charge in [-0.25, -0.2) is 8.78 Å². The molecule has 8 aromatic rings. The average molecular weight is 729 g/mol. The fraction of sp³-hybridized carbons (Fsp3) is 0.250.